The number of aromatic nitrogens is 1. The third-order valence-electron chi connectivity index (χ3n) is 3.84. The Bertz CT molecular complexity index is 504. The second-order valence-electron chi connectivity index (χ2n) is 5.63. The molecular formula is C15H22FN3O. The molecule has 0 aliphatic heterocycles. The van der Waals surface area contributed by atoms with Crippen molar-refractivity contribution in [3.63, 3.8) is 0 Å². The predicted octanol–water partition coefficient (Wildman–Crippen LogP) is 2.70. The second-order valence-corrected chi connectivity index (χ2v) is 5.63. The van der Waals surface area contributed by atoms with Gasteiger partial charge in [-0.3, -0.25) is 4.79 Å². The molecule has 4 nitrogen and oxygen atoms in total. The largest absolute Gasteiger partial charge is 0.365 e. The van der Waals surface area contributed by atoms with E-state index in [-0.39, 0.29) is 23.8 Å². The highest BCUT2D eigenvalue weighted by atomic mass is 19.1. The lowest BCUT2D eigenvalue weighted by Crippen LogP contribution is -2.41. The molecule has 0 spiro atoms. The highest BCUT2D eigenvalue weighted by Gasteiger charge is 2.23. The van der Waals surface area contributed by atoms with Gasteiger partial charge in [-0.2, -0.15) is 0 Å². The van der Waals surface area contributed by atoms with Crippen LogP contribution in [0.3, 0.4) is 0 Å². The smallest absolute Gasteiger partial charge is 0.217 e. The van der Waals surface area contributed by atoms with E-state index < -0.39 is 0 Å². The van der Waals surface area contributed by atoms with E-state index in [1.54, 1.807) is 0 Å². The SMILES string of the molecule is CC(=O)N[C@H]1CCC[C@@H](Nc2nc(C)c(C)cc2F)C1. The monoisotopic (exact) mass is 279 g/mol. The highest BCUT2D eigenvalue weighted by molar-refractivity contribution is 5.73. The molecule has 2 rings (SSSR count). The number of hydrogen-bond acceptors (Lipinski definition) is 3. The van der Waals surface area contributed by atoms with Crippen molar-refractivity contribution in [3.05, 3.63) is 23.1 Å². The molecule has 20 heavy (non-hydrogen) atoms. The van der Waals surface area contributed by atoms with E-state index in [9.17, 15) is 9.18 Å². The number of amides is 1. The summed E-state index contributed by atoms with van der Waals surface area (Å²) in [5.74, 6) is 0.00228. The van der Waals surface area contributed by atoms with Crippen molar-refractivity contribution in [2.24, 2.45) is 0 Å². The zero-order chi connectivity index (χ0) is 14.7. The van der Waals surface area contributed by atoms with Crippen LogP contribution >= 0.6 is 0 Å². The van der Waals surface area contributed by atoms with Crippen molar-refractivity contribution >= 4 is 11.7 Å². The van der Waals surface area contributed by atoms with E-state index in [4.69, 9.17) is 0 Å². The number of halogens is 1. The fourth-order valence-corrected chi connectivity index (χ4v) is 2.71. The van der Waals surface area contributed by atoms with E-state index in [1.165, 1.54) is 13.0 Å². The van der Waals surface area contributed by atoms with Gasteiger partial charge in [-0.25, -0.2) is 9.37 Å². The van der Waals surface area contributed by atoms with Crippen LogP contribution in [0.1, 0.15) is 43.9 Å². The number of hydrogen-bond donors (Lipinski definition) is 2. The van der Waals surface area contributed by atoms with Gasteiger partial charge in [0.15, 0.2) is 11.6 Å². The Morgan fingerprint density at radius 3 is 2.75 bits per heavy atom. The van der Waals surface area contributed by atoms with Gasteiger partial charge in [-0.1, -0.05) is 0 Å². The average Bonchev–Trinajstić information content (AvgIpc) is 2.35. The summed E-state index contributed by atoms with van der Waals surface area (Å²) in [5.41, 5.74) is 1.69. The zero-order valence-electron chi connectivity index (χ0n) is 12.3. The van der Waals surface area contributed by atoms with Crippen LogP contribution < -0.4 is 10.6 Å². The van der Waals surface area contributed by atoms with Crippen molar-refractivity contribution in [1.29, 1.82) is 0 Å². The van der Waals surface area contributed by atoms with Crippen LogP contribution in [-0.4, -0.2) is 23.0 Å². The lowest BCUT2D eigenvalue weighted by Gasteiger charge is -2.30. The maximum atomic E-state index is 13.9. The molecule has 1 aliphatic rings. The highest BCUT2D eigenvalue weighted by Crippen LogP contribution is 2.23. The van der Waals surface area contributed by atoms with Crippen molar-refractivity contribution in [3.8, 4) is 0 Å². The van der Waals surface area contributed by atoms with Crippen LogP contribution in [0.4, 0.5) is 10.2 Å². The predicted molar refractivity (Wildman–Crippen MR) is 77.2 cm³/mol. The summed E-state index contributed by atoms with van der Waals surface area (Å²) in [6.07, 6.45) is 3.80. The van der Waals surface area contributed by atoms with Gasteiger partial charge in [0.1, 0.15) is 0 Å². The molecule has 0 saturated heterocycles. The molecule has 1 heterocycles. The average molecular weight is 279 g/mol. The van der Waals surface area contributed by atoms with E-state index in [1.807, 2.05) is 13.8 Å². The summed E-state index contributed by atoms with van der Waals surface area (Å²) in [6, 6.07) is 1.84. The summed E-state index contributed by atoms with van der Waals surface area (Å²) in [4.78, 5) is 15.4. The Hall–Kier alpha value is -1.65. The topological polar surface area (TPSA) is 54.0 Å². The molecule has 0 unspecified atom stereocenters. The second kappa shape index (κ2) is 6.20. The number of rotatable bonds is 3. The van der Waals surface area contributed by atoms with E-state index in [2.05, 4.69) is 15.6 Å². The van der Waals surface area contributed by atoms with Crippen molar-refractivity contribution in [2.45, 2.75) is 58.5 Å². The summed E-state index contributed by atoms with van der Waals surface area (Å²) < 4.78 is 13.9. The van der Waals surface area contributed by atoms with Gasteiger partial charge in [-0.05, 0) is 51.2 Å². The van der Waals surface area contributed by atoms with Crippen LogP contribution in [0.25, 0.3) is 0 Å². The molecule has 2 N–H and O–H groups in total. The molecule has 1 aromatic rings. The van der Waals surface area contributed by atoms with Gasteiger partial charge in [0, 0.05) is 24.7 Å². The molecule has 110 valence electrons. The Balaban J connectivity index is 2.02. The standard InChI is InChI=1S/C15H22FN3O/c1-9-7-14(16)15(17-10(9)2)19-13-6-4-5-12(8-13)18-11(3)20/h7,12-13H,4-6,8H2,1-3H3,(H,17,19)(H,18,20)/t12-,13+/m0/s1. The fourth-order valence-electron chi connectivity index (χ4n) is 2.71. The van der Waals surface area contributed by atoms with Crippen LogP contribution in [-0.2, 0) is 4.79 Å². The molecule has 2 atom stereocenters. The molecule has 0 radical (unpaired) electrons. The molecule has 1 fully saturated rings. The summed E-state index contributed by atoms with van der Waals surface area (Å²) in [6.45, 7) is 5.26. The Morgan fingerprint density at radius 2 is 2.05 bits per heavy atom. The van der Waals surface area contributed by atoms with Gasteiger partial charge in [0.25, 0.3) is 0 Å². The first-order valence-electron chi connectivity index (χ1n) is 7.13. The minimum Gasteiger partial charge on any atom is -0.365 e. The van der Waals surface area contributed by atoms with Crippen molar-refractivity contribution in [2.75, 3.05) is 5.32 Å². The molecular weight excluding hydrogens is 257 g/mol. The Labute approximate surface area is 119 Å². The third-order valence-corrected chi connectivity index (χ3v) is 3.84. The molecule has 1 amide bonds. The first-order chi connectivity index (χ1) is 9.45. The molecule has 5 heteroatoms. The quantitative estimate of drug-likeness (QED) is 0.894. The van der Waals surface area contributed by atoms with E-state index in [0.717, 1.165) is 36.9 Å². The van der Waals surface area contributed by atoms with Crippen LogP contribution in [0, 0.1) is 19.7 Å². The third kappa shape index (κ3) is 3.68. The van der Waals surface area contributed by atoms with Gasteiger partial charge in [-0.15, -0.1) is 0 Å². The Kier molecular flexibility index (Phi) is 4.57. The normalized spacial score (nSPS) is 22.4. The number of pyridine rings is 1. The van der Waals surface area contributed by atoms with E-state index in [0.29, 0.717) is 5.82 Å². The van der Waals surface area contributed by atoms with E-state index >= 15 is 0 Å². The number of nitrogens with zero attached hydrogens (tertiary/aromatic N) is 1. The number of carbonyl (C=O) groups is 1. The van der Waals surface area contributed by atoms with Gasteiger partial charge < -0.3 is 10.6 Å². The number of anilines is 1. The fraction of sp³-hybridized carbons (Fsp3) is 0.600. The molecule has 1 aliphatic carbocycles. The van der Waals surface area contributed by atoms with Gasteiger partial charge in [0.2, 0.25) is 5.91 Å². The summed E-state index contributed by atoms with van der Waals surface area (Å²) in [5, 5.41) is 6.12. The lowest BCUT2D eigenvalue weighted by molar-refractivity contribution is -0.119. The van der Waals surface area contributed by atoms with Gasteiger partial charge in [0.05, 0.1) is 0 Å². The van der Waals surface area contributed by atoms with Crippen LogP contribution in [0.2, 0.25) is 0 Å². The minimum atomic E-state index is -0.310. The van der Waals surface area contributed by atoms with Crippen molar-refractivity contribution < 1.29 is 9.18 Å². The molecule has 1 saturated carbocycles. The van der Waals surface area contributed by atoms with Crippen LogP contribution in [0.5, 0.6) is 0 Å². The number of aryl methyl sites for hydroxylation is 2. The maximum Gasteiger partial charge on any atom is 0.217 e. The zero-order valence-corrected chi connectivity index (χ0v) is 12.3. The summed E-state index contributed by atoms with van der Waals surface area (Å²) >= 11 is 0. The number of nitrogens with one attached hydrogen (secondary N) is 2. The molecule has 1 aromatic heterocycles. The summed E-state index contributed by atoms with van der Waals surface area (Å²) in [7, 11) is 0. The van der Waals surface area contributed by atoms with Crippen molar-refractivity contribution in [1.82, 2.24) is 10.3 Å². The van der Waals surface area contributed by atoms with Gasteiger partial charge >= 0.3 is 0 Å². The maximum absolute atomic E-state index is 13.9. The first-order valence-corrected chi connectivity index (χ1v) is 7.13. The molecule has 0 aromatic carbocycles. The first kappa shape index (κ1) is 14.8. The molecule has 0 bridgehead atoms. The number of carbonyl (C=O) groups excluding carboxylic acids is 1. The minimum absolute atomic E-state index is 0.00821. The lowest BCUT2D eigenvalue weighted by atomic mass is 9.91. The Morgan fingerprint density at radius 1 is 1.35 bits per heavy atom. The van der Waals surface area contributed by atoms with Crippen LogP contribution in [0.15, 0.2) is 6.07 Å².